The second-order valence-electron chi connectivity index (χ2n) is 6.48. The van der Waals surface area contributed by atoms with Gasteiger partial charge in [-0.3, -0.25) is 4.79 Å². The third-order valence-electron chi connectivity index (χ3n) is 5.24. The third-order valence-corrected chi connectivity index (χ3v) is 5.24. The van der Waals surface area contributed by atoms with Gasteiger partial charge in [-0.2, -0.15) is 0 Å². The third kappa shape index (κ3) is 2.43. The fraction of sp³-hybridized carbons (Fsp3) is 0.588. The number of ether oxygens (including phenoxy) is 1. The van der Waals surface area contributed by atoms with Crippen molar-refractivity contribution in [1.29, 1.82) is 0 Å². The molecule has 5 nitrogen and oxygen atoms in total. The number of carbonyl (C=O) groups is 1. The molecular weight excluding hydrogens is 282 g/mol. The van der Waals surface area contributed by atoms with Gasteiger partial charge in [0, 0.05) is 25.6 Å². The molecule has 2 N–H and O–H groups in total. The lowest BCUT2D eigenvalue weighted by atomic mass is 9.76. The summed E-state index contributed by atoms with van der Waals surface area (Å²) < 4.78 is 5.65. The van der Waals surface area contributed by atoms with Crippen LogP contribution in [0.15, 0.2) is 18.2 Å². The quantitative estimate of drug-likeness (QED) is 0.881. The van der Waals surface area contributed by atoms with E-state index in [4.69, 9.17) is 4.74 Å². The first kappa shape index (κ1) is 15.2. The minimum absolute atomic E-state index is 0.00603. The van der Waals surface area contributed by atoms with Crippen LogP contribution in [0.25, 0.3) is 0 Å². The Morgan fingerprint density at radius 3 is 2.64 bits per heavy atom. The van der Waals surface area contributed by atoms with Crippen LogP contribution in [0.5, 0.6) is 11.5 Å². The molecule has 0 aromatic heterocycles. The molecule has 5 heteroatoms. The van der Waals surface area contributed by atoms with Crippen LogP contribution in [0.3, 0.4) is 0 Å². The number of benzene rings is 1. The summed E-state index contributed by atoms with van der Waals surface area (Å²) in [5, 5.41) is 19.8. The molecule has 1 heterocycles. The van der Waals surface area contributed by atoms with Crippen molar-refractivity contribution in [2.24, 2.45) is 5.41 Å². The molecule has 3 rings (SSSR count). The smallest absolute Gasteiger partial charge is 0.261 e. The van der Waals surface area contributed by atoms with E-state index in [2.05, 4.69) is 0 Å². The second-order valence-corrected chi connectivity index (χ2v) is 6.48. The summed E-state index contributed by atoms with van der Waals surface area (Å²) in [4.78, 5) is 14.5. The topological polar surface area (TPSA) is 70.0 Å². The van der Waals surface area contributed by atoms with Gasteiger partial charge in [0.05, 0.1) is 6.10 Å². The number of rotatable bonds is 2. The minimum Gasteiger partial charge on any atom is -0.507 e. The molecule has 1 saturated carbocycles. The molecule has 2 fully saturated rings. The summed E-state index contributed by atoms with van der Waals surface area (Å²) in [7, 11) is 1.74. The Balaban J connectivity index is 1.84. The molecule has 1 amide bonds. The van der Waals surface area contributed by atoms with E-state index in [-0.39, 0.29) is 34.5 Å². The van der Waals surface area contributed by atoms with Crippen LogP contribution >= 0.6 is 0 Å². The van der Waals surface area contributed by atoms with Crippen LogP contribution in [0.4, 0.5) is 0 Å². The Kier molecular flexibility index (Phi) is 4.00. The van der Waals surface area contributed by atoms with Crippen LogP contribution in [0.1, 0.15) is 42.5 Å². The number of hydrogen-bond acceptors (Lipinski definition) is 4. The zero-order valence-electron chi connectivity index (χ0n) is 12.9. The maximum atomic E-state index is 12.7. The maximum absolute atomic E-state index is 12.7. The standard InChI is InChI=1S/C17H23NO4/c1-22-14-7-3-8-17(14)9-4-10-18(11-17)16(21)15-12(19)5-2-6-13(15)20/h2,5-6,14,19-20H,3-4,7-11H2,1H3/t14-,17-/m1/s1. The highest BCUT2D eigenvalue weighted by Crippen LogP contribution is 2.46. The molecule has 22 heavy (non-hydrogen) atoms. The van der Waals surface area contributed by atoms with Crippen molar-refractivity contribution in [3.8, 4) is 11.5 Å². The fourth-order valence-electron chi connectivity index (χ4n) is 4.18. The van der Waals surface area contributed by atoms with Gasteiger partial charge >= 0.3 is 0 Å². The van der Waals surface area contributed by atoms with Gasteiger partial charge in [-0.25, -0.2) is 0 Å². The lowest BCUT2D eigenvalue weighted by Crippen LogP contribution is -2.49. The van der Waals surface area contributed by atoms with E-state index in [0.29, 0.717) is 13.1 Å². The van der Waals surface area contributed by atoms with Crippen LogP contribution in [0.2, 0.25) is 0 Å². The number of carbonyl (C=O) groups excluding carboxylic acids is 1. The van der Waals surface area contributed by atoms with Crippen molar-refractivity contribution in [1.82, 2.24) is 4.90 Å². The molecule has 1 spiro atoms. The Labute approximate surface area is 130 Å². The van der Waals surface area contributed by atoms with E-state index in [0.717, 1.165) is 32.1 Å². The number of methoxy groups -OCH3 is 1. The zero-order chi connectivity index (χ0) is 15.7. The number of amides is 1. The van der Waals surface area contributed by atoms with Gasteiger partial charge in [0.2, 0.25) is 0 Å². The molecule has 1 saturated heterocycles. The van der Waals surface area contributed by atoms with Crippen LogP contribution in [-0.4, -0.2) is 47.3 Å². The first-order valence-electron chi connectivity index (χ1n) is 7.90. The first-order chi connectivity index (χ1) is 10.6. The van der Waals surface area contributed by atoms with Gasteiger partial charge in [-0.15, -0.1) is 0 Å². The maximum Gasteiger partial charge on any atom is 0.261 e. The molecule has 120 valence electrons. The summed E-state index contributed by atoms with van der Waals surface area (Å²) in [6.45, 7) is 1.29. The van der Waals surface area contributed by atoms with Crippen molar-refractivity contribution < 1.29 is 19.7 Å². The molecule has 1 aliphatic heterocycles. The molecule has 0 bridgehead atoms. The van der Waals surface area contributed by atoms with Gasteiger partial charge in [0.1, 0.15) is 17.1 Å². The minimum atomic E-state index is -0.295. The Bertz CT molecular complexity index is 554. The molecule has 1 aromatic rings. The second kappa shape index (κ2) is 5.80. The van der Waals surface area contributed by atoms with Crippen molar-refractivity contribution in [3.05, 3.63) is 23.8 Å². The monoisotopic (exact) mass is 305 g/mol. The largest absolute Gasteiger partial charge is 0.507 e. The number of piperidine rings is 1. The molecule has 0 unspecified atom stereocenters. The van der Waals surface area contributed by atoms with Gasteiger partial charge in [0.25, 0.3) is 5.91 Å². The lowest BCUT2D eigenvalue weighted by molar-refractivity contribution is -0.0296. The number of aromatic hydroxyl groups is 2. The Morgan fingerprint density at radius 1 is 1.27 bits per heavy atom. The van der Waals surface area contributed by atoms with Gasteiger partial charge in [0.15, 0.2) is 0 Å². The lowest BCUT2D eigenvalue weighted by Gasteiger charge is -2.43. The average Bonchev–Trinajstić information content (AvgIpc) is 2.89. The van der Waals surface area contributed by atoms with Gasteiger partial charge in [-0.1, -0.05) is 12.5 Å². The molecule has 2 aliphatic rings. The summed E-state index contributed by atoms with van der Waals surface area (Å²) in [6, 6.07) is 4.39. The van der Waals surface area contributed by atoms with Gasteiger partial charge in [-0.05, 0) is 37.8 Å². The highest BCUT2D eigenvalue weighted by atomic mass is 16.5. The first-order valence-corrected chi connectivity index (χ1v) is 7.90. The molecule has 0 radical (unpaired) electrons. The zero-order valence-corrected chi connectivity index (χ0v) is 12.9. The van der Waals surface area contributed by atoms with E-state index in [1.807, 2.05) is 0 Å². The van der Waals surface area contributed by atoms with Crippen LogP contribution < -0.4 is 0 Å². The predicted octanol–water partition coefficient (Wildman–Crippen LogP) is 2.52. The number of nitrogens with zero attached hydrogens (tertiary/aromatic N) is 1. The van der Waals surface area contributed by atoms with Crippen molar-refractivity contribution in [2.75, 3.05) is 20.2 Å². The summed E-state index contributed by atoms with van der Waals surface area (Å²) in [5.74, 6) is -0.630. The highest BCUT2D eigenvalue weighted by molar-refractivity contribution is 5.99. The van der Waals surface area contributed by atoms with E-state index in [1.54, 1.807) is 12.0 Å². The predicted molar refractivity (Wildman–Crippen MR) is 82.0 cm³/mol. The van der Waals surface area contributed by atoms with E-state index >= 15 is 0 Å². The number of phenols is 2. The van der Waals surface area contributed by atoms with E-state index < -0.39 is 0 Å². The average molecular weight is 305 g/mol. The Morgan fingerprint density at radius 2 is 1.95 bits per heavy atom. The van der Waals surface area contributed by atoms with E-state index in [9.17, 15) is 15.0 Å². The Hall–Kier alpha value is -1.75. The van der Waals surface area contributed by atoms with E-state index in [1.165, 1.54) is 18.2 Å². The van der Waals surface area contributed by atoms with Crippen LogP contribution in [0, 0.1) is 5.41 Å². The number of phenolic OH excluding ortho intramolecular Hbond substituents is 2. The van der Waals surface area contributed by atoms with Crippen molar-refractivity contribution in [2.45, 2.75) is 38.2 Å². The van der Waals surface area contributed by atoms with Gasteiger partial charge < -0.3 is 19.8 Å². The van der Waals surface area contributed by atoms with Crippen LogP contribution in [-0.2, 0) is 4.74 Å². The summed E-state index contributed by atoms with van der Waals surface area (Å²) in [6.07, 6.45) is 5.44. The molecular formula is C17H23NO4. The SMILES string of the molecule is CO[C@@H]1CCC[C@]12CCCN(C(=O)c1c(O)cccc1O)C2. The fourth-order valence-corrected chi connectivity index (χ4v) is 4.18. The number of hydrogen-bond donors (Lipinski definition) is 2. The highest BCUT2D eigenvalue weighted by Gasteiger charge is 2.47. The number of likely N-dealkylation sites (tertiary alicyclic amines) is 1. The summed E-state index contributed by atoms with van der Waals surface area (Å²) >= 11 is 0. The van der Waals surface area contributed by atoms with Crippen molar-refractivity contribution >= 4 is 5.91 Å². The molecule has 1 aliphatic carbocycles. The van der Waals surface area contributed by atoms with Crippen molar-refractivity contribution in [3.63, 3.8) is 0 Å². The normalized spacial score (nSPS) is 28.2. The summed E-state index contributed by atoms with van der Waals surface area (Å²) in [5.41, 5.74) is 0.0365. The molecule has 2 atom stereocenters. The molecule has 1 aromatic carbocycles.